The van der Waals surface area contributed by atoms with Crippen molar-refractivity contribution in [1.29, 1.82) is 0 Å². The fourth-order valence-corrected chi connectivity index (χ4v) is 3.83. The number of nitrogens with two attached hydrogens (primary N) is 1. The molecule has 0 aromatic carbocycles. The van der Waals surface area contributed by atoms with Gasteiger partial charge < -0.3 is 5.73 Å². The Balaban J connectivity index is 2.21. The first-order chi connectivity index (χ1) is 8.49. The summed E-state index contributed by atoms with van der Waals surface area (Å²) in [6, 6.07) is 4.60. The lowest BCUT2D eigenvalue weighted by Crippen LogP contribution is -2.49. The van der Waals surface area contributed by atoms with Crippen LogP contribution >= 0.6 is 11.8 Å². The number of hydrogen-bond donors (Lipinski definition) is 1. The third-order valence-electron chi connectivity index (χ3n) is 3.39. The van der Waals surface area contributed by atoms with Gasteiger partial charge >= 0.3 is 0 Å². The van der Waals surface area contributed by atoms with Crippen molar-refractivity contribution in [2.45, 2.75) is 37.6 Å². The zero-order valence-corrected chi connectivity index (χ0v) is 12.3. The zero-order valence-electron chi connectivity index (χ0n) is 11.5. The SMILES string of the molecule is CC(N)C(c1ccncc1)N1CCSC(C)(C)C1. The highest BCUT2D eigenvalue weighted by molar-refractivity contribution is 8.00. The first-order valence-corrected chi connectivity index (χ1v) is 7.52. The molecular formula is C14H23N3S. The number of hydrogen-bond acceptors (Lipinski definition) is 4. The van der Waals surface area contributed by atoms with Crippen LogP contribution in [0.2, 0.25) is 0 Å². The lowest BCUT2D eigenvalue weighted by atomic mass is 9.98. The molecule has 0 aliphatic carbocycles. The average molecular weight is 265 g/mol. The Morgan fingerprint density at radius 2 is 2.06 bits per heavy atom. The van der Waals surface area contributed by atoms with Crippen LogP contribution in [0.4, 0.5) is 0 Å². The van der Waals surface area contributed by atoms with Gasteiger partial charge in [-0.2, -0.15) is 11.8 Å². The van der Waals surface area contributed by atoms with Crippen LogP contribution in [0.25, 0.3) is 0 Å². The monoisotopic (exact) mass is 265 g/mol. The summed E-state index contributed by atoms with van der Waals surface area (Å²) in [5.41, 5.74) is 7.50. The van der Waals surface area contributed by atoms with Crippen LogP contribution < -0.4 is 5.73 Å². The highest BCUT2D eigenvalue weighted by Gasteiger charge is 2.33. The molecule has 2 unspecified atom stereocenters. The predicted octanol–water partition coefficient (Wildman–Crippen LogP) is 2.30. The molecule has 0 radical (unpaired) electrons. The third kappa shape index (κ3) is 3.25. The van der Waals surface area contributed by atoms with Gasteiger partial charge in [-0.15, -0.1) is 0 Å². The molecule has 0 bridgehead atoms. The van der Waals surface area contributed by atoms with E-state index < -0.39 is 0 Å². The molecule has 3 nitrogen and oxygen atoms in total. The van der Waals surface area contributed by atoms with Crippen LogP contribution in [-0.2, 0) is 0 Å². The van der Waals surface area contributed by atoms with Crippen LogP contribution in [0.5, 0.6) is 0 Å². The number of pyridine rings is 1. The molecule has 18 heavy (non-hydrogen) atoms. The van der Waals surface area contributed by atoms with Gasteiger partial charge in [0.25, 0.3) is 0 Å². The van der Waals surface area contributed by atoms with Crippen LogP contribution in [0.1, 0.15) is 32.4 Å². The Morgan fingerprint density at radius 3 is 2.61 bits per heavy atom. The Morgan fingerprint density at radius 1 is 1.39 bits per heavy atom. The van der Waals surface area contributed by atoms with Crippen molar-refractivity contribution in [1.82, 2.24) is 9.88 Å². The van der Waals surface area contributed by atoms with Gasteiger partial charge in [-0.1, -0.05) is 0 Å². The topological polar surface area (TPSA) is 42.1 Å². The maximum Gasteiger partial charge on any atom is 0.0498 e. The highest BCUT2D eigenvalue weighted by Crippen LogP contribution is 2.34. The summed E-state index contributed by atoms with van der Waals surface area (Å²) in [7, 11) is 0. The van der Waals surface area contributed by atoms with Gasteiger partial charge in [0.05, 0.1) is 0 Å². The molecule has 2 rings (SSSR count). The van der Waals surface area contributed by atoms with Gasteiger partial charge in [-0.05, 0) is 38.5 Å². The molecule has 1 aromatic rings. The summed E-state index contributed by atoms with van der Waals surface area (Å²) in [6.45, 7) is 8.93. The maximum absolute atomic E-state index is 6.22. The molecule has 0 saturated carbocycles. The van der Waals surface area contributed by atoms with E-state index in [4.69, 9.17) is 5.73 Å². The number of aromatic nitrogens is 1. The lowest BCUT2D eigenvalue weighted by molar-refractivity contribution is 0.168. The van der Waals surface area contributed by atoms with Crippen molar-refractivity contribution in [3.63, 3.8) is 0 Å². The largest absolute Gasteiger partial charge is 0.326 e. The molecule has 4 heteroatoms. The van der Waals surface area contributed by atoms with E-state index in [2.05, 4.69) is 54.5 Å². The molecule has 1 saturated heterocycles. The summed E-state index contributed by atoms with van der Waals surface area (Å²) in [5.74, 6) is 1.18. The van der Waals surface area contributed by atoms with E-state index in [1.165, 1.54) is 11.3 Å². The molecule has 0 amide bonds. The fourth-order valence-electron chi connectivity index (χ4n) is 2.70. The van der Waals surface area contributed by atoms with Gasteiger partial charge in [0.15, 0.2) is 0 Å². The normalized spacial score (nSPS) is 23.6. The minimum Gasteiger partial charge on any atom is -0.326 e. The van der Waals surface area contributed by atoms with E-state index in [1.807, 2.05) is 12.4 Å². The Kier molecular flexibility index (Phi) is 4.30. The number of nitrogens with zero attached hydrogens (tertiary/aromatic N) is 2. The Bertz CT molecular complexity index is 378. The van der Waals surface area contributed by atoms with E-state index in [0.29, 0.717) is 10.8 Å². The van der Waals surface area contributed by atoms with Gasteiger partial charge in [0, 0.05) is 48.1 Å². The van der Waals surface area contributed by atoms with E-state index in [9.17, 15) is 0 Å². The van der Waals surface area contributed by atoms with Gasteiger partial charge in [0.1, 0.15) is 0 Å². The van der Waals surface area contributed by atoms with Crippen molar-refractivity contribution in [2.24, 2.45) is 5.73 Å². The first-order valence-electron chi connectivity index (χ1n) is 6.53. The van der Waals surface area contributed by atoms with Gasteiger partial charge in [-0.25, -0.2) is 0 Å². The second-order valence-corrected chi connectivity index (χ2v) is 7.47. The molecule has 1 fully saturated rings. The molecule has 1 aliphatic heterocycles. The quantitative estimate of drug-likeness (QED) is 0.910. The van der Waals surface area contributed by atoms with Crippen molar-refractivity contribution in [3.05, 3.63) is 30.1 Å². The number of rotatable bonds is 3. The van der Waals surface area contributed by atoms with Crippen molar-refractivity contribution in [2.75, 3.05) is 18.8 Å². The van der Waals surface area contributed by atoms with E-state index >= 15 is 0 Å². The minimum atomic E-state index is 0.131. The van der Waals surface area contributed by atoms with E-state index in [1.54, 1.807) is 0 Å². The van der Waals surface area contributed by atoms with E-state index in [-0.39, 0.29) is 6.04 Å². The van der Waals surface area contributed by atoms with Crippen molar-refractivity contribution >= 4 is 11.8 Å². The first kappa shape index (κ1) is 13.8. The standard InChI is InChI=1S/C14H23N3S/c1-11(15)13(12-4-6-16-7-5-12)17-8-9-18-14(2,3)10-17/h4-7,11,13H,8-10,15H2,1-3H3. The molecule has 2 atom stereocenters. The lowest BCUT2D eigenvalue weighted by Gasteiger charge is -2.43. The molecule has 0 spiro atoms. The van der Waals surface area contributed by atoms with Crippen molar-refractivity contribution < 1.29 is 0 Å². The molecule has 2 N–H and O–H groups in total. The summed E-state index contributed by atoms with van der Waals surface area (Å²) in [5, 5.41) is 0. The van der Waals surface area contributed by atoms with Gasteiger partial charge in [0.2, 0.25) is 0 Å². The predicted molar refractivity (Wildman–Crippen MR) is 78.7 cm³/mol. The Hall–Kier alpha value is -0.580. The smallest absolute Gasteiger partial charge is 0.0498 e. The Labute approximate surface area is 114 Å². The van der Waals surface area contributed by atoms with E-state index in [0.717, 1.165) is 13.1 Å². The fraction of sp³-hybridized carbons (Fsp3) is 0.643. The summed E-state index contributed by atoms with van der Waals surface area (Å²) in [4.78, 5) is 6.62. The minimum absolute atomic E-state index is 0.131. The van der Waals surface area contributed by atoms with Crippen LogP contribution in [0.3, 0.4) is 0 Å². The second-order valence-electron chi connectivity index (χ2n) is 5.66. The summed E-state index contributed by atoms with van der Waals surface area (Å²) < 4.78 is 0.318. The molecular weight excluding hydrogens is 242 g/mol. The molecule has 1 aromatic heterocycles. The molecule has 100 valence electrons. The summed E-state index contributed by atoms with van der Waals surface area (Å²) in [6.07, 6.45) is 3.71. The van der Waals surface area contributed by atoms with Crippen LogP contribution in [0.15, 0.2) is 24.5 Å². The zero-order chi connectivity index (χ0) is 13.2. The maximum atomic E-state index is 6.22. The number of thioether (sulfide) groups is 1. The third-order valence-corrected chi connectivity index (χ3v) is 4.69. The highest BCUT2D eigenvalue weighted by atomic mass is 32.2. The van der Waals surface area contributed by atoms with Gasteiger partial charge in [-0.3, -0.25) is 9.88 Å². The molecule has 2 heterocycles. The van der Waals surface area contributed by atoms with Crippen molar-refractivity contribution in [3.8, 4) is 0 Å². The second kappa shape index (κ2) is 5.59. The summed E-state index contributed by atoms with van der Waals surface area (Å²) >= 11 is 2.05. The average Bonchev–Trinajstić information content (AvgIpc) is 2.28. The molecule has 1 aliphatic rings. The van der Waals surface area contributed by atoms with Crippen LogP contribution in [0, 0.1) is 0 Å². The van der Waals surface area contributed by atoms with Crippen LogP contribution in [-0.4, -0.2) is 39.5 Å².